The van der Waals surface area contributed by atoms with E-state index in [0.717, 1.165) is 16.8 Å². The number of fused-ring (bicyclic) bond motifs is 3. The van der Waals surface area contributed by atoms with E-state index in [2.05, 4.69) is 0 Å². The lowest BCUT2D eigenvalue weighted by molar-refractivity contribution is -0.133. The maximum atomic E-state index is 11.3. The van der Waals surface area contributed by atoms with Crippen molar-refractivity contribution in [3.8, 4) is 0 Å². The van der Waals surface area contributed by atoms with Crippen LogP contribution in [-0.4, -0.2) is 22.5 Å². The fourth-order valence-electron chi connectivity index (χ4n) is 2.24. The summed E-state index contributed by atoms with van der Waals surface area (Å²) in [6, 6.07) is 7.84. The van der Waals surface area contributed by atoms with E-state index in [4.69, 9.17) is 0 Å². The van der Waals surface area contributed by atoms with Gasteiger partial charge in [-0.2, -0.15) is 0 Å². The monoisotopic (exact) mass is 225 g/mol. The predicted molar refractivity (Wildman–Crippen MR) is 65.9 cm³/mol. The van der Waals surface area contributed by atoms with Crippen LogP contribution in [0.1, 0.15) is 11.1 Å². The van der Waals surface area contributed by atoms with Gasteiger partial charge in [-0.15, -0.1) is 0 Å². The van der Waals surface area contributed by atoms with Crippen molar-refractivity contribution in [2.24, 2.45) is 0 Å². The van der Waals surface area contributed by atoms with Crippen molar-refractivity contribution in [2.75, 3.05) is 6.54 Å². The highest BCUT2D eigenvalue weighted by Gasteiger charge is 2.26. The van der Waals surface area contributed by atoms with Gasteiger partial charge in [0.15, 0.2) is 0 Å². The number of carboxylic acid groups (broad SMARTS) is 1. The van der Waals surface area contributed by atoms with Crippen molar-refractivity contribution in [1.29, 1.82) is 0 Å². The van der Waals surface area contributed by atoms with Crippen LogP contribution in [0.15, 0.2) is 48.2 Å². The van der Waals surface area contributed by atoms with Crippen molar-refractivity contribution in [3.63, 3.8) is 0 Å². The van der Waals surface area contributed by atoms with Crippen LogP contribution in [-0.2, 0) is 4.79 Å². The molecular weight excluding hydrogens is 214 g/mol. The number of allylic oxidation sites excluding steroid dienone is 2. The molecule has 2 heterocycles. The molecule has 0 fully saturated rings. The molecule has 0 aromatic heterocycles. The predicted octanol–water partition coefficient (Wildman–Crippen LogP) is 2.34. The minimum Gasteiger partial charge on any atom is -0.477 e. The quantitative estimate of drug-likeness (QED) is 0.797. The Morgan fingerprint density at radius 2 is 2.12 bits per heavy atom. The van der Waals surface area contributed by atoms with E-state index in [0.29, 0.717) is 12.2 Å². The molecule has 0 aliphatic carbocycles. The maximum absolute atomic E-state index is 11.3. The summed E-state index contributed by atoms with van der Waals surface area (Å²) < 4.78 is 0. The Kier molecular flexibility index (Phi) is 2.11. The molecule has 84 valence electrons. The lowest BCUT2D eigenvalue weighted by Gasteiger charge is -2.32. The molecule has 0 bridgehead atoms. The Morgan fingerprint density at radius 3 is 2.94 bits per heavy atom. The van der Waals surface area contributed by atoms with Gasteiger partial charge < -0.3 is 10.0 Å². The molecule has 3 nitrogen and oxygen atoms in total. The number of nitrogens with zero attached hydrogens (tertiary/aromatic N) is 1. The first-order chi connectivity index (χ1) is 8.27. The average Bonchev–Trinajstić information content (AvgIpc) is 2.37. The molecule has 0 radical (unpaired) electrons. The van der Waals surface area contributed by atoms with Crippen molar-refractivity contribution in [1.82, 2.24) is 4.90 Å². The molecule has 0 amide bonds. The Balaban J connectivity index is 2.24. The molecule has 3 rings (SSSR count). The first-order valence-corrected chi connectivity index (χ1v) is 5.46. The zero-order valence-electron chi connectivity index (χ0n) is 9.13. The fraction of sp³-hybridized carbons (Fsp3) is 0.0714. The zero-order chi connectivity index (χ0) is 11.8. The second-order valence-corrected chi connectivity index (χ2v) is 4.01. The Bertz CT molecular complexity index is 582. The standard InChI is InChI=1S/C14H11NO2/c16-14(17)13-9-10-5-1-2-6-11(10)12-7-3-4-8-15(12)13/h1-7,9H,8H2,(H,16,17). The summed E-state index contributed by atoms with van der Waals surface area (Å²) in [5, 5.41) is 9.24. The van der Waals surface area contributed by atoms with E-state index < -0.39 is 5.97 Å². The molecule has 1 N–H and O–H groups in total. The summed E-state index contributed by atoms with van der Waals surface area (Å²) in [5.74, 6) is -0.888. The van der Waals surface area contributed by atoms with Gasteiger partial charge in [0, 0.05) is 17.8 Å². The van der Waals surface area contributed by atoms with Gasteiger partial charge >= 0.3 is 5.97 Å². The second-order valence-electron chi connectivity index (χ2n) is 4.01. The molecule has 2 aliphatic rings. The highest BCUT2D eigenvalue weighted by molar-refractivity contribution is 5.97. The molecule has 17 heavy (non-hydrogen) atoms. The number of hydrogen-bond acceptors (Lipinski definition) is 2. The van der Waals surface area contributed by atoms with Crippen LogP contribution >= 0.6 is 0 Å². The van der Waals surface area contributed by atoms with E-state index in [-0.39, 0.29) is 0 Å². The largest absolute Gasteiger partial charge is 0.477 e. The second kappa shape index (κ2) is 3.63. The molecule has 0 saturated heterocycles. The molecular formula is C14H11NO2. The van der Waals surface area contributed by atoms with Gasteiger partial charge in [0.2, 0.25) is 0 Å². The number of rotatable bonds is 1. The summed E-state index contributed by atoms with van der Waals surface area (Å²) in [6.07, 6.45) is 7.61. The van der Waals surface area contributed by atoms with Crippen LogP contribution in [0.25, 0.3) is 11.8 Å². The average molecular weight is 225 g/mol. The summed E-state index contributed by atoms with van der Waals surface area (Å²) in [5.41, 5.74) is 3.34. The smallest absolute Gasteiger partial charge is 0.352 e. The number of hydrogen-bond donors (Lipinski definition) is 1. The SMILES string of the molecule is O=C(O)C1=Cc2ccccc2C2=CC=CCN12. The van der Waals surface area contributed by atoms with Crippen LogP contribution in [0.2, 0.25) is 0 Å². The van der Waals surface area contributed by atoms with Crippen LogP contribution in [0.5, 0.6) is 0 Å². The fourth-order valence-corrected chi connectivity index (χ4v) is 2.24. The topological polar surface area (TPSA) is 40.5 Å². The van der Waals surface area contributed by atoms with Gasteiger partial charge in [0.05, 0.1) is 0 Å². The molecule has 1 aromatic rings. The van der Waals surface area contributed by atoms with Crippen LogP contribution in [0.4, 0.5) is 0 Å². The molecule has 0 saturated carbocycles. The minimum atomic E-state index is -0.888. The van der Waals surface area contributed by atoms with Crippen LogP contribution in [0, 0.1) is 0 Å². The van der Waals surface area contributed by atoms with Crippen molar-refractivity contribution in [3.05, 3.63) is 59.3 Å². The number of aliphatic carboxylic acids is 1. The summed E-state index contributed by atoms with van der Waals surface area (Å²) in [6.45, 7) is 0.609. The minimum absolute atomic E-state index is 0.333. The van der Waals surface area contributed by atoms with Crippen LogP contribution < -0.4 is 0 Å². The van der Waals surface area contributed by atoms with Crippen molar-refractivity contribution >= 4 is 17.7 Å². The van der Waals surface area contributed by atoms with E-state index in [1.54, 1.807) is 6.08 Å². The normalized spacial score (nSPS) is 16.8. The lowest BCUT2D eigenvalue weighted by atomic mass is 9.96. The van der Waals surface area contributed by atoms with E-state index in [1.807, 2.05) is 47.4 Å². The number of carboxylic acids is 1. The van der Waals surface area contributed by atoms with Crippen LogP contribution in [0.3, 0.4) is 0 Å². The third-order valence-corrected chi connectivity index (χ3v) is 3.01. The third-order valence-electron chi connectivity index (χ3n) is 3.01. The van der Waals surface area contributed by atoms with Gasteiger partial charge in [-0.05, 0) is 17.7 Å². The molecule has 0 unspecified atom stereocenters. The zero-order valence-corrected chi connectivity index (χ0v) is 9.13. The molecule has 3 heteroatoms. The van der Waals surface area contributed by atoms with Crippen molar-refractivity contribution < 1.29 is 9.90 Å². The first kappa shape index (κ1) is 9.90. The van der Waals surface area contributed by atoms with Gasteiger partial charge in [-0.1, -0.05) is 36.4 Å². The highest BCUT2D eigenvalue weighted by atomic mass is 16.4. The van der Waals surface area contributed by atoms with E-state index >= 15 is 0 Å². The Morgan fingerprint density at radius 1 is 1.29 bits per heavy atom. The third kappa shape index (κ3) is 1.47. The Hall–Kier alpha value is -2.29. The molecule has 2 aliphatic heterocycles. The molecule has 0 spiro atoms. The lowest BCUT2D eigenvalue weighted by Crippen LogP contribution is -2.30. The Labute approximate surface area is 99.0 Å². The van der Waals surface area contributed by atoms with Gasteiger partial charge in [-0.25, -0.2) is 4.79 Å². The van der Waals surface area contributed by atoms with Crippen molar-refractivity contribution in [2.45, 2.75) is 0 Å². The number of carbonyl (C=O) groups is 1. The molecule has 1 aromatic carbocycles. The highest BCUT2D eigenvalue weighted by Crippen LogP contribution is 2.34. The first-order valence-electron chi connectivity index (χ1n) is 5.46. The molecule has 0 atom stereocenters. The van der Waals surface area contributed by atoms with E-state index in [1.165, 1.54) is 0 Å². The number of benzene rings is 1. The van der Waals surface area contributed by atoms with Gasteiger partial charge in [0.1, 0.15) is 5.70 Å². The summed E-state index contributed by atoms with van der Waals surface area (Å²) in [4.78, 5) is 13.1. The van der Waals surface area contributed by atoms with Gasteiger partial charge in [0.25, 0.3) is 0 Å². The van der Waals surface area contributed by atoms with E-state index in [9.17, 15) is 9.90 Å². The maximum Gasteiger partial charge on any atom is 0.352 e. The van der Waals surface area contributed by atoms with Gasteiger partial charge in [-0.3, -0.25) is 0 Å². The summed E-state index contributed by atoms with van der Waals surface area (Å²) in [7, 11) is 0. The summed E-state index contributed by atoms with van der Waals surface area (Å²) >= 11 is 0.